The lowest BCUT2D eigenvalue weighted by Gasteiger charge is -2.31. The Morgan fingerprint density at radius 1 is 1.19 bits per heavy atom. The molecule has 1 aliphatic heterocycles. The molecule has 0 bridgehead atoms. The molecule has 1 heterocycles. The Kier molecular flexibility index (Phi) is 4.54. The smallest absolute Gasteiger partial charge is 0.312 e. The monoisotopic (exact) mass is 367 g/mol. The van der Waals surface area contributed by atoms with E-state index >= 15 is 0 Å². The second-order valence-corrected chi connectivity index (χ2v) is 6.80. The average Bonchev–Trinajstić information content (AvgIpc) is 3.15. The van der Waals surface area contributed by atoms with Gasteiger partial charge in [0.15, 0.2) is 0 Å². The molecule has 0 spiro atoms. The predicted octanol–water partition coefficient (Wildman–Crippen LogP) is 3.19. The number of hydrogen-bond acceptors (Lipinski definition) is 3. The Balaban J connectivity index is 1.94. The molecule has 1 fully saturated rings. The van der Waals surface area contributed by atoms with Crippen molar-refractivity contribution in [3.8, 4) is 0 Å². The lowest BCUT2D eigenvalue weighted by Crippen LogP contribution is -2.64. The molecule has 2 aliphatic rings. The molecule has 26 heavy (non-hydrogen) atoms. The number of hydrogen-bond donors (Lipinski definition) is 1. The van der Waals surface area contributed by atoms with E-state index in [0.29, 0.717) is 12.8 Å². The second-order valence-electron chi connectivity index (χ2n) is 6.80. The summed E-state index contributed by atoms with van der Waals surface area (Å²) in [6, 6.07) is 5.77. The highest BCUT2D eigenvalue weighted by molar-refractivity contribution is 6.10. The molecule has 1 aliphatic carbocycles. The van der Waals surface area contributed by atoms with Crippen LogP contribution in [0.4, 0.5) is 13.2 Å². The third-order valence-corrected chi connectivity index (χ3v) is 4.91. The zero-order valence-electron chi connectivity index (χ0n) is 14.6. The number of alkyl halides is 3. The van der Waals surface area contributed by atoms with Crippen LogP contribution >= 0.6 is 0 Å². The highest BCUT2D eigenvalue weighted by Crippen LogP contribution is 2.40. The molecule has 0 aromatic heterocycles. The van der Waals surface area contributed by atoms with Crippen molar-refractivity contribution in [1.29, 1.82) is 0 Å². The molecule has 3 rings (SSSR count). The molecule has 1 saturated carbocycles. The summed E-state index contributed by atoms with van der Waals surface area (Å²) in [5.74, 6) is -2.22. The first kappa shape index (κ1) is 18.4. The maximum absolute atomic E-state index is 13.9. The Morgan fingerprint density at radius 2 is 1.77 bits per heavy atom. The zero-order chi connectivity index (χ0) is 19.1. The fraction of sp³-hybridized carbons (Fsp3) is 0.500. The highest BCUT2D eigenvalue weighted by Gasteiger charge is 2.67. The van der Waals surface area contributed by atoms with Crippen molar-refractivity contribution in [1.82, 2.24) is 10.2 Å². The molecule has 0 saturated heterocycles. The Morgan fingerprint density at radius 3 is 2.31 bits per heavy atom. The number of carbonyl (C=O) groups excluding carboxylic acids is 2. The van der Waals surface area contributed by atoms with Gasteiger partial charge in [0.1, 0.15) is 5.84 Å². The average molecular weight is 367 g/mol. The summed E-state index contributed by atoms with van der Waals surface area (Å²) in [6.45, 7) is 3.17. The minimum atomic E-state index is -5.04. The minimum Gasteiger partial charge on any atom is -0.312 e. The number of nitrogens with one attached hydrogen (secondary N) is 1. The molecule has 0 radical (unpaired) electrons. The number of benzene rings is 1. The van der Waals surface area contributed by atoms with Gasteiger partial charge in [-0.2, -0.15) is 13.2 Å². The number of amidine groups is 1. The van der Waals surface area contributed by atoms with Crippen molar-refractivity contribution in [2.24, 2.45) is 4.99 Å². The highest BCUT2D eigenvalue weighted by atomic mass is 19.4. The molecule has 5 nitrogen and oxygen atoms in total. The summed E-state index contributed by atoms with van der Waals surface area (Å²) < 4.78 is 41.6. The largest absolute Gasteiger partial charge is 0.442 e. The van der Waals surface area contributed by atoms with Crippen LogP contribution in [0.1, 0.15) is 48.5 Å². The van der Waals surface area contributed by atoms with Gasteiger partial charge < -0.3 is 5.32 Å². The summed E-state index contributed by atoms with van der Waals surface area (Å²) in [4.78, 5) is 29.9. The Labute approximate surface area is 149 Å². The van der Waals surface area contributed by atoms with Crippen LogP contribution in [0.2, 0.25) is 0 Å². The number of amides is 2. The van der Waals surface area contributed by atoms with E-state index in [1.54, 1.807) is 19.1 Å². The van der Waals surface area contributed by atoms with Gasteiger partial charge >= 0.3 is 11.8 Å². The topological polar surface area (TPSA) is 61.8 Å². The predicted molar refractivity (Wildman–Crippen MR) is 89.6 cm³/mol. The van der Waals surface area contributed by atoms with Crippen molar-refractivity contribution in [2.75, 3.05) is 0 Å². The standard InChI is InChI=1S/C18H20F3N3O2/c1-11-7-9-13(10-8-11)15(25)23-17(18(19,20)21)16(26)24(12(2)22-17)14-5-3-4-6-14/h7-10,14H,3-6H2,1-2H3,(H,23,25). The molecule has 8 heteroatoms. The Bertz CT molecular complexity index is 752. The van der Waals surface area contributed by atoms with Crippen molar-refractivity contribution >= 4 is 17.6 Å². The molecular weight excluding hydrogens is 347 g/mol. The van der Waals surface area contributed by atoms with Crippen LogP contribution < -0.4 is 5.32 Å². The van der Waals surface area contributed by atoms with Gasteiger partial charge in [0.25, 0.3) is 11.8 Å². The van der Waals surface area contributed by atoms with E-state index in [4.69, 9.17) is 0 Å². The lowest BCUT2D eigenvalue weighted by molar-refractivity contribution is -0.196. The third-order valence-electron chi connectivity index (χ3n) is 4.91. The third kappa shape index (κ3) is 2.97. The number of rotatable bonds is 3. The first-order chi connectivity index (χ1) is 12.2. The van der Waals surface area contributed by atoms with Gasteiger partial charge in [0.05, 0.1) is 0 Å². The van der Waals surface area contributed by atoms with Crippen LogP contribution in [-0.2, 0) is 4.79 Å². The molecule has 1 aromatic carbocycles. The van der Waals surface area contributed by atoms with Crippen molar-refractivity contribution in [3.05, 3.63) is 35.4 Å². The second kappa shape index (κ2) is 6.41. The molecule has 1 N–H and O–H groups in total. The van der Waals surface area contributed by atoms with E-state index < -0.39 is 23.7 Å². The van der Waals surface area contributed by atoms with Gasteiger partial charge in [-0.25, -0.2) is 4.99 Å². The van der Waals surface area contributed by atoms with E-state index in [-0.39, 0.29) is 17.4 Å². The van der Waals surface area contributed by atoms with Crippen LogP contribution in [0, 0.1) is 6.92 Å². The number of halogens is 3. The SMILES string of the molecule is CC1=NC(NC(=O)c2ccc(C)cc2)(C(F)(F)F)C(=O)N1C1CCCC1. The fourth-order valence-electron chi connectivity index (χ4n) is 3.54. The number of carbonyl (C=O) groups is 2. The minimum absolute atomic E-state index is 0.0107. The van der Waals surface area contributed by atoms with Crippen molar-refractivity contribution in [2.45, 2.75) is 57.4 Å². The molecule has 1 aromatic rings. The number of nitrogens with zero attached hydrogens (tertiary/aromatic N) is 2. The summed E-state index contributed by atoms with van der Waals surface area (Å²) in [5.41, 5.74) is -2.36. The van der Waals surface area contributed by atoms with E-state index in [2.05, 4.69) is 4.99 Å². The first-order valence-electron chi connectivity index (χ1n) is 8.52. The quantitative estimate of drug-likeness (QED) is 0.892. The summed E-state index contributed by atoms with van der Waals surface area (Å²) in [7, 11) is 0. The van der Waals surface area contributed by atoms with Gasteiger partial charge in [-0.1, -0.05) is 30.5 Å². The molecule has 140 valence electrons. The van der Waals surface area contributed by atoms with Gasteiger partial charge in [-0.3, -0.25) is 14.5 Å². The van der Waals surface area contributed by atoms with E-state index in [1.165, 1.54) is 19.1 Å². The molecule has 2 amide bonds. The fourth-order valence-corrected chi connectivity index (χ4v) is 3.54. The van der Waals surface area contributed by atoms with E-state index in [0.717, 1.165) is 23.3 Å². The van der Waals surface area contributed by atoms with Gasteiger partial charge in [-0.05, 0) is 38.8 Å². The first-order valence-corrected chi connectivity index (χ1v) is 8.52. The van der Waals surface area contributed by atoms with Crippen molar-refractivity contribution in [3.63, 3.8) is 0 Å². The van der Waals surface area contributed by atoms with Gasteiger partial charge in [-0.15, -0.1) is 0 Å². The summed E-state index contributed by atoms with van der Waals surface area (Å²) in [6.07, 6.45) is -2.05. The molecular formula is C18H20F3N3O2. The molecule has 1 atom stereocenters. The maximum atomic E-state index is 13.9. The van der Waals surface area contributed by atoms with E-state index in [9.17, 15) is 22.8 Å². The zero-order valence-corrected chi connectivity index (χ0v) is 14.6. The maximum Gasteiger partial charge on any atom is 0.442 e. The number of aliphatic imine (C=N–C) groups is 1. The Hall–Kier alpha value is -2.38. The van der Waals surface area contributed by atoms with Crippen LogP contribution in [0.25, 0.3) is 0 Å². The van der Waals surface area contributed by atoms with Crippen molar-refractivity contribution < 1.29 is 22.8 Å². The normalized spacial score (nSPS) is 24.1. The van der Waals surface area contributed by atoms with Gasteiger partial charge in [0.2, 0.25) is 0 Å². The van der Waals surface area contributed by atoms with Gasteiger partial charge in [0, 0.05) is 11.6 Å². The lowest BCUT2D eigenvalue weighted by atomic mass is 10.1. The summed E-state index contributed by atoms with van der Waals surface area (Å²) >= 11 is 0. The van der Waals surface area contributed by atoms with Crippen LogP contribution in [0.3, 0.4) is 0 Å². The van der Waals surface area contributed by atoms with Crippen LogP contribution in [-0.4, -0.2) is 40.4 Å². The van der Waals surface area contributed by atoms with Crippen LogP contribution in [0.5, 0.6) is 0 Å². The number of aryl methyl sites for hydroxylation is 1. The summed E-state index contributed by atoms with van der Waals surface area (Å²) in [5, 5.41) is 1.86. The van der Waals surface area contributed by atoms with E-state index in [1.807, 2.05) is 5.32 Å². The van der Waals surface area contributed by atoms with Crippen LogP contribution in [0.15, 0.2) is 29.3 Å². The molecule has 1 unspecified atom stereocenters.